The Bertz CT molecular complexity index is 603. The van der Waals surface area contributed by atoms with Crippen molar-refractivity contribution in [3.05, 3.63) is 41.0 Å². The van der Waals surface area contributed by atoms with Crippen LogP contribution in [0.3, 0.4) is 0 Å². The first-order valence-electron chi connectivity index (χ1n) is 9.14. The molecule has 0 saturated carbocycles. The van der Waals surface area contributed by atoms with Crippen molar-refractivity contribution in [2.45, 2.75) is 33.1 Å². The second kappa shape index (κ2) is 13.0. The summed E-state index contributed by atoms with van der Waals surface area (Å²) in [6.45, 7) is 8.24. The van der Waals surface area contributed by atoms with Gasteiger partial charge in [-0.25, -0.2) is 0 Å². The average Bonchev–Trinajstić information content (AvgIpc) is 2.64. The highest BCUT2D eigenvalue weighted by Gasteiger charge is 2.04. The van der Waals surface area contributed by atoms with Crippen molar-refractivity contribution >= 4 is 29.9 Å². The maximum absolute atomic E-state index is 5.39. The molecule has 0 bridgehead atoms. The van der Waals surface area contributed by atoms with Gasteiger partial charge >= 0.3 is 0 Å². The summed E-state index contributed by atoms with van der Waals surface area (Å²) in [4.78, 5) is 4.67. The number of benzene rings is 1. The number of hydrogen-bond donors (Lipinski definition) is 2. The number of nitrogens with one attached hydrogen (secondary N) is 2. The Morgan fingerprint density at radius 3 is 2.81 bits per heavy atom. The highest BCUT2D eigenvalue weighted by Crippen LogP contribution is 2.19. The molecule has 1 aliphatic rings. The fourth-order valence-corrected chi connectivity index (χ4v) is 2.79. The van der Waals surface area contributed by atoms with Crippen LogP contribution in [-0.2, 0) is 11.2 Å². The van der Waals surface area contributed by atoms with E-state index in [1.807, 2.05) is 0 Å². The smallest absolute Gasteiger partial charge is 0.191 e. The van der Waals surface area contributed by atoms with Crippen LogP contribution in [0.4, 0.5) is 0 Å². The number of hydrogen-bond acceptors (Lipinski definition) is 3. The summed E-state index contributed by atoms with van der Waals surface area (Å²) in [5, 5.41) is 6.72. The van der Waals surface area contributed by atoms with Crippen molar-refractivity contribution in [3.63, 3.8) is 0 Å². The predicted molar refractivity (Wildman–Crippen MR) is 119 cm³/mol. The molecule has 0 unspecified atom stereocenters. The quantitative estimate of drug-likeness (QED) is 0.263. The lowest BCUT2D eigenvalue weighted by molar-refractivity contribution is 0.153. The zero-order valence-electron chi connectivity index (χ0n) is 16.1. The second-order valence-electron chi connectivity index (χ2n) is 6.18. The molecule has 1 aromatic carbocycles. The van der Waals surface area contributed by atoms with Crippen molar-refractivity contribution in [2.24, 2.45) is 4.99 Å². The largest absolute Gasteiger partial charge is 0.496 e. The molecule has 146 valence electrons. The number of nitrogens with zero attached hydrogens (tertiary/aromatic N) is 1. The monoisotopic (exact) mass is 473 g/mol. The fraction of sp³-hybridized carbons (Fsp3) is 0.550. The van der Waals surface area contributed by atoms with Gasteiger partial charge in [-0.05, 0) is 50.3 Å². The van der Waals surface area contributed by atoms with Gasteiger partial charge in [0.05, 0.1) is 20.3 Å². The van der Waals surface area contributed by atoms with Gasteiger partial charge in [0.15, 0.2) is 5.96 Å². The third kappa shape index (κ3) is 7.95. The van der Waals surface area contributed by atoms with E-state index >= 15 is 0 Å². The van der Waals surface area contributed by atoms with Gasteiger partial charge in [-0.3, -0.25) is 4.99 Å². The van der Waals surface area contributed by atoms with Gasteiger partial charge in [-0.1, -0.05) is 23.8 Å². The van der Waals surface area contributed by atoms with Crippen LogP contribution in [0.1, 0.15) is 30.9 Å². The number of halogens is 1. The summed E-state index contributed by atoms with van der Waals surface area (Å²) >= 11 is 0. The first-order valence-corrected chi connectivity index (χ1v) is 9.14. The molecular formula is C20H32IN3O2. The molecular weight excluding hydrogens is 441 g/mol. The number of aryl methyl sites for hydroxylation is 1. The molecule has 0 atom stereocenters. The van der Waals surface area contributed by atoms with Gasteiger partial charge in [-0.15, -0.1) is 24.0 Å². The van der Waals surface area contributed by atoms with Crippen molar-refractivity contribution in [1.29, 1.82) is 0 Å². The number of aliphatic imine (C=N–C) groups is 1. The van der Waals surface area contributed by atoms with Crippen LogP contribution >= 0.6 is 24.0 Å². The molecule has 0 fully saturated rings. The minimum absolute atomic E-state index is 0. The number of guanidine groups is 1. The average molecular weight is 473 g/mol. The van der Waals surface area contributed by atoms with Crippen molar-refractivity contribution in [1.82, 2.24) is 10.6 Å². The van der Waals surface area contributed by atoms with E-state index in [1.165, 1.54) is 11.1 Å². The van der Waals surface area contributed by atoms with Gasteiger partial charge < -0.3 is 20.1 Å². The lowest BCUT2D eigenvalue weighted by Gasteiger charge is -2.14. The van der Waals surface area contributed by atoms with E-state index in [2.05, 4.69) is 53.7 Å². The van der Waals surface area contributed by atoms with Crippen molar-refractivity contribution in [2.75, 3.05) is 40.0 Å². The maximum Gasteiger partial charge on any atom is 0.191 e. The van der Waals surface area contributed by atoms with Crippen molar-refractivity contribution in [3.8, 4) is 5.75 Å². The van der Waals surface area contributed by atoms with E-state index in [1.54, 1.807) is 7.11 Å². The van der Waals surface area contributed by atoms with Crippen LogP contribution in [-0.4, -0.2) is 45.9 Å². The van der Waals surface area contributed by atoms with Crippen LogP contribution in [0.15, 0.2) is 34.8 Å². The van der Waals surface area contributed by atoms with Gasteiger partial charge in [0.25, 0.3) is 0 Å². The standard InChI is InChI=1S/C20H31N3O2.HI/c1-4-21-20(22-11-7-17-9-13-25-14-10-17)23-12-8-18-6-5-16(2)19(15-18)24-3;/h5-6,9,15H,4,7-8,10-14H2,1-3H3,(H2,21,22,23);1H. The summed E-state index contributed by atoms with van der Waals surface area (Å²) < 4.78 is 10.7. The number of ether oxygens (including phenoxy) is 2. The summed E-state index contributed by atoms with van der Waals surface area (Å²) in [7, 11) is 1.72. The van der Waals surface area contributed by atoms with Crippen LogP contribution < -0.4 is 15.4 Å². The van der Waals surface area contributed by atoms with E-state index in [4.69, 9.17) is 9.47 Å². The van der Waals surface area contributed by atoms with Crippen LogP contribution in [0.25, 0.3) is 0 Å². The molecule has 6 heteroatoms. The first-order chi connectivity index (χ1) is 12.2. The van der Waals surface area contributed by atoms with Gasteiger partial charge in [0.1, 0.15) is 5.75 Å². The zero-order chi connectivity index (χ0) is 17.9. The predicted octanol–water partition coefficient (Wildman–Crippen LogP) is 3.46. The molecule has 1 aromatic rings. The summed E-state index contributed by atoms with van der Waals surface area (Å²) in [5.41, 5.74) is 3.88. The SMILES string of the molecule is CCNC(=NCCC1=CCOCC1)NCCc1ccc(C)c(OC)c1.I. The number of rotatable bonds is 8. The third-order valence-electron chi connectivity index (χ3n) is 4.28. The van der Waals surface area contributed by atoms with Crippen LogP contribution in [0, 0.1) is 6.92 Å². The molecule has 0 amide bonds. The van der Waals surface area contributed by atoms with Gasteiger partial charge in [0.2, 0.25) is 0 Å². The third-order valence-corrected chi connectivity index (χ3v) is 4.28. The zero-order valence-corrected chi connectivity index (χ0v) is 18.5. The Balaban J connectivity index is 0.00000338. The molecule has 2 N–H and O–H groups in total. The second-order valence-corrected chi connectivity index (χ2v) is 6.18. The molecule has 0 radical (unpaired) electrons. The molecule has 26 heavy (non-hydrogen) atoms. The van der Waals surface area contributed by atoms with Crippen LogP contribution in [0.2, 0.25) is 0 Å². The van der Waals surface area contributed by atoms with Crippen molar-refractivity contribution < 1.29 is 9.47 Å². The van der Waals surface area contributed by atoms with E-state index in [0.29, 0.717) is 0 Å². The van der Waals surface area contributed by atoms with E-state index in [0.717, 1.165) is 69.4 Å². The number of methoxy groups -OCH3 is 1. The summed E-state index contributed by atoms with van der Waals surface area (Å²) in [6, 6.07) is 6.37. The molecule has 2 rings (SSSR count). The molecule has 1 aliphatic heterocycles. The highest BCUT2D eigenvalue weighted by atomic mass is 127. The Hall–Kier alpha value is -1.28. The van der Waals surface area contributed by atoms with Gasteiger partial charge in [-0.2, -0.15) is 0 Å². The molecule has 1 heterocycles. The van der Waals surface area contributed by atoms with E-state index < -0.39 is 0 Å². The Labute approximate surface area is 174 Å². The molecule has 0 saturated heterocycles. The minimum Gasteiger partial charge on any atom is -0.496 e. The molecule has 0 aliphatic carbocycles. The van der Waals surface area contributed by atoms with E-state index in [-0.39, 0.29) is 24.0 Å². The highest BCUT2D eigenvalue weighted by molar-refractivity contribution is 14.0. The Kier molecular flexibility index (Phi) is 11.4. The molecule has 0 spiro atoms. The molecule has 5 nitrogen and oxygen atoms in total. The van der Waals surface area contributed by atoms with E-state index in [9.17, 15) is 0 Å². The lowest BCUT2D eigenvalue weighted by atomic mass is 10.1. The molecule has 0 aromatic heterocycles. The maximum atomic E-state index is 5.39. The Morgan fingerprint density at radius 2 is 2.12 bits per heavy atom. The normalized spacial score (nSPS) is 14.3. The first kappa shape index (κ1) is 22.8. The topological polar surface area (TPSA) is 54.9 Å². The summed E-state index contributed by atoms with van der Waals surface area (Å²) in [6.07, 6.45) is 5.16. The Morgan fingerprint density at radius 1 is 1.27 bits per heavy atom. The van der Waals surface area contributed by atoms with Crippen LogP contribution in [0.5, 0.6) is 5.75 Å². The van der Waals surface area contributed by atoms with Gasteiger partial charge in [0, 0.05) is 19.6 Å². The fourth-order valence-electron chi connectivity index (χ4n) is 2.79. The minimum atomic E-state index is 0. The lowest BCUT2D eigenvalue weighted by Crippen LogP contribution is -2.38. The summed E-state index contributed by atoms with van der Waals surface area (Å²) in [5.74, 6) is 1.83.